The number of aryl methyl sites for hydroxylation is 1. The lowest BCUT2D eigenvalue weighted by Crippen LogP contribution is -2.22. The number of amides is 1. The number of furan rings is 1. The molecule has 1 aromatic carbocycles. The molecule has 21 heavy (non-hydrogen) atoms. The van der Waals surface area contributed by atoms with Crippen molar-refractivity contribution >= 4 is 22.6 Å². The highest BCUT2D eigenvalue weighted by Gasteiger charge is 2.12. The number of carbonyl (C=O) groups is 1. The van der Waals surface area contributed by atoms with Crippen LogP contribution in [-0.2, 0) is 6.54 Å². The van der Waals surface area contributed by atoms with Crippen LogP contribution in [0, 0.1) is 6.92 Å². The Labute approximate surface area is 121 Å². The fourth-order valence-electron chi connectivity index (χ4n) is 2.05. The van der Waals surface area contributed by atoms with Crippen molar-refractivity contribution < 1.29 is 9.21 Å². The van der Waals surface area contributed by atoms with E-state index in [4.69, 9.17) is 10.2 Å². The Kier molecular flexibility index (Phi) is 3.31. The van der Waals surface area contributed by atoms with Crippen LogP contribution in [0.4, 0.5) is 5.69 Å². The first-order valence-electron chi connectivity index (χ1n) is 6.60. The maximum atomic E-state index is 12.1. The van der Waals surface area contributed by atoms with Gasteiger partial charge in [-0.3, -0.25) is 9.78 Å². The van der Waals surface area contributed by atoms with Gasteiger partial charge in [-0.25, -0.2) is 0 Å². The minimum atomic E-state index is -0.259. The summed E-state index contributed by atoms with van der Waals surface area (Å²) in [6.45, 7) is 2.33. The van der Waals surface area contributed by atoms with Gasteiger partial charge in [0, 0.05) is 29.5 Å². The van der Waals surface area contributed by atoms with E-state index in [1.54, 1.807) is 30.5 Å². The zero-order valence-corrected chi connectivity index (χ0v) is 11.6. The minimum absolute atomic E-state index is 0.259. The van der Waals surface area contributed by atoms with Crippen molar-refractivity contribution in [3.8, 4) is 0 Å². The van der Waals surface area contributed by atoms with E-state index in [1.807, 2.05) is 19.1 Å². The molecule has 0 aliphatic rings. The summed E-state index contributed by atoms with van der Waals surface area (Å²) in [4.78, 5) is 16.3. The highest BCUT2D eigenvalue weighted by molar-refractivity contribution is 5.96. The molecule has 0 spiro atoms. The second-order valence-corrected chi connectivity index (χ2v) is 4.90. The van der Waals surface area contributed by atoms with Crippen molar-refractivity contribution in [3.63, 3.8) is 0 Å². The number of carbonyl (C=O) groups excluding carboxylic acids is 1. The molecule has 0 aliphatic carbocycles. The molecule has 0 radical (unpaired) electrons. The Morgan fingerprint density at radius 1 is 1.29 bits per heavy atom. The number of nitrogens with zero attached hydrogens (tertiary/aromatic N) is 1. The Morgan fingerprint density at radius 2 is 2.14 bits per heavy atom. The standard InChI is InChI=1S/C16H15N3O2/c1-10-2-3-11(8-18-10)9-19-16(20)15-7-12-6-13(17)4-5-14(12)21-15/h2-8H,9,17H2,1H3,(H,19,20). The van der Waals surface area contributed by atoms with Crippen molar-refractivity contribution in [2.75, 3.05) is 5.73 Å². The molecule has 5 heteroatoms. The van der Waals surface area contributed by atoms with Crippen LogP contribution in [0.3, 0.4) is 0 Å². The van der Waals surface area contributed by atoms with E-state index in [2.05, 4.69) is 10.3 Å². The van der Waals surface area contributed by atoms with Crippen LogP contribution in [0.5, 0.6) is 0 Å². The van der Waals surface area contributed by atoms with Crippen molar-refractivity contribution in [2.45, 2.75) is 13.5 Å². The van der Waals surface area contributed by atoms with Crippen LogP contribution < -0.4 is 11.1 Å². The summed E-state index contributed by atoms with van der Waals surface area (Å²) in [6, 6.07) is 10.8. The summed E-state index contributed by atoms with van der Waals surface area (Å²) in [6.07, 6.45) is 1.74. The average molecular weight is 281 g/mol. The second-order valence-electron chi connectivity index (χ2n) is 4.90. The van der Waals surface area contributed by atoms with Gasteiger partial charge in [0.25, 0.3) is 5.91 Å². The number of pyridine rings is 1. The molecule has 3 aromatic rings. The smallest absolute Gasteiger partial charge is 0.287 e. The van der Waals surface area contributed by atoms with Crippen LogP contribution in [-0.4, -0.2) is 10.9 Å². The van der Waals surface area contributed by atoms with Crippen LogP contribution in [0.1, 0.15) is 21.8 Å². The number of nitrogens with two attached hydrogens (primary N) is 1. The Balaban J connectivity index is 1.73. The topological polar surface area (TPSA) is 81.2 Å². The van der Waals surface area contributed by atoms with Gasteiger partial charge in [0.05, 0.1) is 0 Å². The first kappa shape index (κ1) is 13.2. The number of rotatable bonds is 3. The van der Waals surface area contributed by atoms with Crippen LogP contribution >= 0.6 is 0 Å². The lowest BCUT2D eigenvalue weighted by atomic mass is 10.2. The highest BCUT2D eigenvalue weighted by atomic mass is 16.3. The van der Waals surface area contributed by atoms with Gasteiger partial charge in [-0.05, 0) is 42.8 Å². The normalized spacial score (nSPS) is 10.7. The lowest BCUT2D eigenvalue weighted by molar-refractivity contribution is 0.0925. The van der Waals surface area contributed by atoms with Crippen molar-refractivity contribution in [1.82, 2.24) is 10.3 Å². The van der Waals surface area contributed by atoms with E-state index >= 15 is 0 Å². The lowest BCUT2D eigenvalue weighted by Gasteiger charge is -2.03. The molecule has 0 bridgehead atoms. The minimum Gasteiger partial charge on any atom is -0.451 e. The third-order valence-electron chi connectivity index (χ3n) is 3.19. The van der Waals surface area contributed by atoms with Crippen LogP contribution in [0.25, 0.3) is 11.0 Å². The molecule has 106 valence electrons. The largest absolute Gasteiger partial charge is 0.451 e. The first-order chi connectivity index (χ1) is 10.1. The molecule has 0 saturated carbocycles. The number of aromatic nitrogens is 1. The molecule has 0 aliphatic heterocycles. The predicted molar refractivity (Wildman–Crippen MR) is 80.8 cm³/mol. The zero-order valence-electron chi connectivity index (χ0n) is 11.6. The summed E-state index contributed by atoms with van der Waals surface area (Å²) in [5, 5.41) is 3.62. The monoisotopic (exact) mass is 281 g/mol. The highest BCUT2D eigenvalue weighted by Crippen LogP contribution is 2.21. The molecule has 0 unspecified atom stereocenters. The fraction of sp³-hybridized carbons (Fsp3) is 0.125. The van der Waals surface area contributed by atoms with Gasteiger partial charge in [0.1, 0.15) is 5.58 Å². The molecule has 0 atom stereocenters. The zero-order chi connectivity index (χ0) is 14.8. The molecular formula is C16H15N3O2. The molecule has 1 amide bonds. The summed E-state index contributed by atoms with van der Waals surface area (Å²) >= 11 is 0. The van der Waals surface area contributed by atoms with Gasteiger partial charge in [-0.15, -0.1) is 0 Å². The second kappa shape index (κ2) is 5.28. The number of hydrogen-bond acceptors (Lipinski definition) is 4. The van der Waals surface area contributed by atoms with Gasteiger partial charge in [0.15, 0.2) is 5.76 Å². The maximum Gasteiger partial charge on any atom is 0.287 e. The number of benzene rings is 1. The molecule has 3 rings (SSSR count). The number of nitrogens with one attached hydrogen (secondary N) is 1. The SMILES string of the molecule is Cc1ccc(CNC(=O)c2cc3cc(N)ccc3o2)cn1. The predicted octanol–water partition coefficient (Wildman–Crippen LogP) is 2.65. The number of fused-ring (bicyclic) bond motifs is 1. The van der Waals surface area contributed by atoms with E-state index in [0.717, 1.165) is 16.6 Å². The Hall–Kier alpha value is -2.82. The Morgan fingerprint density at radius 3 is 2.90 bits per heavy atom. The van der Waals surface area contributed by atoms with Gasteiger partial charge in [-0.1, -0.05) is 6.07 Å². The van der Waals surface area contributed by atoms with E-state index in [1.165, 1.54) is 0 Å². The molecule has 0 fully saturated rings. The average Bonchev–Trinajstić information content (AvgIpc) is 2.89. The number of nitrogen functional groups attached to an aromatic ring is 1. The third kappa shape index (κ3) is 2.86. The first-order valence-corrected chi connectivity index (χ1v) is 6.60. The molecular weight excluding hydrogens is 266 g/mol. The van der Waals surface area contributed by atoms with Gasteiger partial charge >= 0.3 is 0 Å². The summed E-state index contributed by atoms with van der Waals surface area (Å²) in [7, 11) is 0. The summed E-state index contributed by atoms with van der Waals surface area (Å²) in [5.74, 6) is 0.0148. The molecule has 5 nitrogen and oxygen atoms in total. The van der Waals surface area contributed by atoms with Gasteiger partial charge < -0.3 is 15.5 Å². The summed E-state index contributed by atoms with van der Waals surface area (Å²) in [5.41, 5.74) is 8.88. The van der Waals surface area contributed by atoms with E-state index in [-0.39, 0.29) is 11.7 Å². The van der Waals surface area contributed by atoms with Crippen molar-refractivity contribution in [1.29, 1.82) is 0 Å². The van der Waals surface area contributed by atoms with E-state index in [0.29, 0.717) is 17.8 Å². The van der Waals surface area contributed by atoms with Crippen LogP contribution in [0.2, 0.25) is 0 Å². The quantitative estimate of drug-likeness (QED) is 0.723. The van der Waals surface area contributed by atoms with Crippen molar-refractivity contribution in [2.24, 2.45) is 0 Å². The third-order valence-corrected chi connectivity index (χ3v) is 3.19. The van der Waals surface area contributed by atoms with E-state index < -0.39 is 0 Å². The van der Waals surface area contributed by atoms with Gasteiger partial charge in [0.2, 0.25) is 0 Å². The number of anilines is 1. The van der Waals surface area contributed by atoms with E-state index in [9.17, 15) is 4.79 Å². The van der Waals surface area contributed by atoms with Crippen LogP contribution in [0.15, 0.2) is 47.0 Å². The maximum absolute atomic E-state index is 12.1. The van der Waals surface area contributed by atoms with Gasteiger partial charge in [-0.2, -0.15) is 0 Å². The molecule has 3 N–H and O–H groups in total. The Bertz CT molecular complexity index is 791. The fourth-order valence-corrected chi connectivity index (χ4v) is 2.05. The van der Waals surface area contributed by atoms with Crippen molar-refractivity contribution in [3.05, 3.63) is 59.6 Å². The molecule has 2 heterocycles. The molecule has 0 saturated heterocycles. The molecule has 2 aromatic heterocycles. The summed E-state index contributed by atoms with van der Waals surface area (Å²) < 4.78 is 5.51. The number of hydrogen-bond donors (Lipinski definition) is 2.